The standard InChI is InChI=1S/C24H27N3O3S/c1-5-27(15-17-7-9-19(10-8-17)23(28)26(3)4)24(29)21-16-31-22(25-21)18-11-13-20(14-12-18)30-6-2/h7-14,16H,5-6,15H2,1-4H3. The molecule has 0 bridgehead atoms. The van der Waals surface area contributed by atoms with Crippen LogP contribution in [0.2, 0.25) is 0 Å². The van der Waals surface area contributed by atoms with Crippen molar-refractivity contribution in [1.29, 1.82) is 0 Å². The molecule has 162 valence electrons. The van der Waals surface area contributed by atoms with Crippen molar-refractivity contribution in [3.8, 4) is 16.3 Å². The summed E-state index contributed by atoms with van der Waals surface area (Å²) in [5.74, 6) is 0.665. The van der Waals surface area contributed by atoms with Crippen molar-refractivity contribution in [2.75, 3.05) is 27.2 Å². The second-order valence-electron chi connectivity index (χ2n) is 7.21. The number of benzene rings is 2. The van der Waals surface area contributed by atoms with E-state index in [-0.39, 0.29) is 11.8 Å². The second-order valence-corrected chi connectivity index (χ2v) is 8.07. The molecule has 0 unspecified atom stereocenters. The summed E-state index contributed by atoms with van der Waals surface area (Å²) >= 11 is 1.45. The third-order valence-corrected chi connectivity index (χ3v) is 5.68. The molecule has 1 heterocycles. The van der Waals surface area contributed by atoms with Gasteiger partial charge in [-0.2, -0.15) is 0 Å². The molecule has 0 aliphatic heterocycles. The average molecular weight is 438 g/mol. The van der Waals surface area contributed by atoms with Crippen molar-refractivity contribution in [2.24, 2.45) is 0 Å². The highest BCUT2D eigenvalue weighted by Crippen LogP contribution is 2.26. The van der Waals surface area contributed by atoms with Crippen molar-refractivity contribution in [2.45, 2.75) is 20.4 Å². The predicted molar refractivity (Wildman–Crippen MR) is 124 cm³/mol. The van der Waals surface area contributed by atoms with Crippen molar-refractivity contribution < 1.29 is 14.3 Å². The van der Waals surface area contributed by atoms with Crippen LogP contribution in [0.4, 0.5) is 0 Å². The Morgan fingerprint density at radius 1 is 0.968 bits per heavy atom. The molecule has 0 aliphatic carbocycles. The average Bonchev–Trinajstić information content (AvgIpc) is 3.28. The second kappa shape index (κ2) is 10.2. The molecule has 7 heteroatoms. The van der Waals surface area contributed by atoms with E-state index in [1.54, 1.807) is 41.4 Å². The molecule has 0 spiro atoms. The summed E-state index contributed by atoms with van der Waals surface area (Å²) in [6.45, 7) is 5.54. The lowest BCUT2D eigenvalue weighted by molar-refractivity contribution is 0.0746. The maximum absolute atomic E-state index is 13.0. The maximum atomic E-state index is 13.0. The highest BCUT2D eigenvalue weighted by atomic mass is 32.1. The molecule has 6 nitrogen and oxygen atoms in total. The number of aromatic nitrogens is 1. The van der Waals surface area contributed by atoms with Crippen molar-refractivity contribution in [1.82, 2.24) is 14.8 Å². The van der Waals surface area contributed by atoms with E-state index in [4.69, 9.17) is 4.74 Å². The van der Waals surface area contributed by atoms with Crippen LogP contribution in [-0.2, 0) is 6.54 Å². The molecule has 0 N–H and O–H groups in total. The number of nitrogens with zero attached hydrogens (tertiary/aromatic N) is 3. The molecule has 0 fully saturated rings. The lowest BCUT2D eigenvalue weighted by atomic mass is 10.1. The van der Waals surface area contributed by atoms with E-state index in [1.165, 1.54) is 11.3 Å². The first kappa shape index (κ1) is 22.5. The molecule has 0 atom stereocenters. The monoisotopic (exact) mass is 437 g/mol. The van der Waals surface area contributed by atoms with E-state index < -0.39 is 0 Å². The largest absolute Gasteiger partial charge is 0.494 e. The number of rotatable bonds is 8. The fourth-order valence-electron chi connectivity index (χ4n) is 3.09. The number of ether oxygens (including phenoxy) is 1. The zero-order valence-electron chi connectivity index (χ0n) is 18.3. The quantitative estimate of drug-likeness (QED) is 0.518. The van der Waals surface area contributed by atoms with Gasteiger partial charge in [0, 0.05) is 43.7 Å². The van der Waals surface area contributed by atoms with Gasteiger partial charge in [0.05, 0.1) is 6.61 Å². The van der Waals surface area contributed by atoms with Crippen LogP contribution in [0.1, 0.15) is 40.3 Å². The number of hydrogen-bond donors (Lipinski definition) is 0. The molecule has 1 aromatic heterocycles. The summed E-state index contributed by atoms with van der Waals surface area (Å²) in [6, 6.07) is 15.1. The fourth-order valence-corrected chi connectivity index (χ4v) is 3.89. The van der Waals surface area contributed by atoms with Crippen molar-refractivity contribution >= 4 is 23.2 Å². The van der Waals surface area contributed by atoms with Gasteiger partial charge in [0.1, 0.15) is 16.5 Å². The summed E-state index contributed by atoms with van der Waals surface area (Å²) < 4.78 is 5.48. The van der Waals surface area contributed by atoms with E-state index in [0.717, 1.165) is 21.9 Å². The van der Waals surface area contributed by atoms with Crippen LogP contribution in [-0.4, -0.2) is 53.8 Å². The summed E-state index contributed by atoms with van der Waals surface area (Å²) in [5.41, 5.74) is 2.99. The number of amides is 2. The van der Waals surface area contributed by atoms with Crippen LogP contribution >= 0.6 is 11.3 Å². The minimum atomic E-state index is -0.107. The third-order valence-electron chi connectivity index (χ3n) is 4.79. The number of carbonyl (C=O) groups is 2. The lowest BCUT2D eigenvalue weighted by Gasteiger charge is -2.20. The molecule has 3 aromatic rings. The fraction of sp³-hybridized carbons (Fsp3) is 0.292. The van der Waals surface area contributed by atoms with Crippen LogP contribution < -0.4 is 4.74 Å². The van der Waals surface area contributed by atoms with Crippen molar-refractivity contribution in [3.63, 3.8) is 0 Å². The van der Waals surface area contributed by atoms with Gasteiger partial charge in [-0.25, -0.2) is 4.98 Å². The molecule has 0 saturated heterocycles. The molecule has 2 amide bonds. The van der Waals surface area contributed by atoms with Gasteiger partial charge >= 0.3 is 0 Å². The molecule has 0 radical (unpaired) electrons. The summed E-state index contributed by atoms with van der Waals surface area (Å²) in [7, 11) is 3.45. The van der Waals surface area contributed by atoms with E-state index >= 15 is 0 Å². The predicted octanol–water partition coefficient (Wildman–Crippen LogP) is 4.57. The molecule has 0 saturated carbocycles. The number of thiazole rings is 1. The molecule has 0 aliphatic rings. The Morgan fingerprint density at radius 2 is 1.65 bits per heavy atom. The van der Waals surface area contributed by atoms with Gasteiger partial charge in [-0.3, -0.25) is 9.59 Å². The lowest BCUT2D eigenvalue weighted by Crippen LogP contribution is -2.30. The van der Waals surface area contributed by atoms with Gasteiger partial charge in [-0.1, -0.05) is 12.1 Å². The summed E-state index contributed by atoms with van der Waals surface area (Å²) in [4.78, 5) is 32.9. The normalized spacial score (nSPS) is 10.6. The Bertz CT molecular complexity index is 1030. The Kier molecular flexibility index (Phi) is 7.41. The molecule has 3 rings (SSSR count). The Balaban J connectivity index is 1.70. The van der Waals surface area contributed by atoms with Gasteiger partial charge < -0.3 is 14.5 Å². The van der Waals surface area contributed by atoms with Gasteiger partial charge in [-0.05, 0) is 55.8 Å². The van der Waals surface area contributed by atoms with Crippen LogP contribution in [0.3, 0.4) is 0 Å². The minimum absolute atomic E-state index is 0.0423. The molecular formula is C24H27N3O3S. The van der Waals surface area contributed by atoms with E-state index in [0.29, 0.717) is 31.0 Å². The SMILES string of the molecule is CCOc1ccc(-c2nc(C(=O)N(CC)Cc3ccc(C(=O)N(C)C)cc3)cs2)cc1. The number of hydrogen-bond acceptors (Lipinski definition) is 5. The van der Waals surface area contributed by atoms with Crippen LogP contribution in [0, 0.1) is 0 Å². The first-order valence-corrected chi connectivity index (χ1v) is 11.1. The smallest absolute Gasteiger partial charge is 0.273 e. The van der Waals surface area contributed by atoms with Gasteiger partial charge in [-0.15, -0.1) is 11.3 Å². The minimum Gasteiger partial charge on any atom is -0.494 e. The van der Waals surface area contributed by atoms with E-state index in [9.17, 15) is 9.59 Å². The van der Waals surface area contributed by atoms with Gasteiger partial charge in [0.25, 0.3) is 11.8 Å². The van der Waals surface area contributed by atoms with Crippen LogP contribution in [0.25, 0.3) is 10.6 Å². The topological polar surface area (TPSA) is 62.7 Å². The van der Waals surface area contributed by atoms with Crippen LogP contribution in [0.5, 0.6) is 5.75 Å². The zero-order chi connectivity index (χ0) is 22.4. The number of carbonyl (C=O) groups excluding carboxylic acids is 2. The molecular weight excluding hydrogens is 410 g/mol. The Hall–Kier alpha value is -3.19. The van der Waals surface area contributed by atoms with E-state index in [2.05, 4.69) is 4.98 Å². The van der Waals surface area contributed by atoms with Crippen LogP contribution in [0.15, 0.2) is 53.9 Å². The summed E-state index contributed by atoms with van der Waals surface area (Å²) in [5, 5.41) is 2.60. The highest BCUT2D eigenvalue weighted by Gasteiger charge is 2.19. The first-order chi connectivity index (χ1) is 14.9. The van der Waals surface area contributed by atoms with Gasteiger partial charge in [0.2, 0.25) is 0 Å². The maximum Gasteiger partial charge on any atom is 0.273 e. The van der Waals surface area contributed by atoms with Crippen molar-refractivity contribution in [3.05, 3.63) is 70.7 Å². The Morgan fingerprint density at radius 3 is 2.23 bits per heavy atom. The summed E-state index contributed by atoms with van der Waals surface area (Å²) in [6.07, 6.45) is 0. The first-order valence-electron chi connectivity index (χ1n) is 10.2. The van der Waals surface area contributed by atoms with E-state index in [1.807, 2.05) is 50.2 Å². The molecule has 2 aromatic carbocycles. The Labute approximate surface area is 187 Å². The van der Waals surface area contributed by atoms with Gasteiger partial charge in [0.15, 0.2) is 0 Å². The highest BCUT2D eigenvalue weighted by molar-refractivity contribution is 7.13. The third kappa shape index (κ3) is 5.49. The molecule has 31 heavy (non-hydrogen) atoms. The zero-order valence-corrected chi connectivity index (χ0v) is 19.1.